The zero-order valence-corrected chi connectivity index (χ0v) is 14.5. The summed E-state index contributed by atoms with van der Waals surface area (Å²) in [4.78, 5) is 4.18. The first-order valence-electron chi connectivity index (χ1n) is 8.28. The zero-order valence-electron chi connectivity index (χ0n) is 14.5. The van der Waals surface area contributed by atoms with Crippen molar-refractivity contribution >= 4 is 11.6 Å². The molecular formula is C18H18N6O2. The summed E-state index contributed by atoms with van der Waals surface area (Å²) in [7, 11) is 1.63. The van der Waals surface area contributed by atoms with Gasteiger partial charge in [0.1, 0.15) is 6.04 Å². The van der Waals surface area contributed by atoms with Crippen LogP contribution in [0.3, 0.4) is 0 Å². The Balaban J connectivity index is 1.78. The van der Waals surface area contributed by atoms with E-state index in [1.807, 2.05) is 37.3 Å². The summed E-state index contributed by atoms with van der Waals surface area (Å²) in [5.41, 5.74) is 2.85. The van der Waals surface area contributed by atoms with Crippen molar-refractivity contribution in [2.24, 2.45) is 0 Å². The van der Waals surface area contributed by atoms with Gasteiger partial charge in [0.15, 0.2) is 11.5 Å². The van der Waals surface area contributed by atoms with Crippen LogP contribution in [0.15, 0.2) is 48.8 Å². The van der Waals surface area contributed by atoms with Crippen molar-refractivity contribution in [3.8, 4) is 11.5 Å². The molecule has 3 aromatic rings. The van der Waals surface area contributed by atoms with E-state index in [1.165, 1.54) is 0 Å². The van der Waals surface area contributed by atoms with Crippen LogP contribution in [0.1, 0.15) is 24.1 Å². The van der Waals surface area contributed by atoms with Crippen LogP contribution in [0.4, 0.5) is 5.95 Å². The molecule has 1 N–H and O–H groups in total. The smallest absolute Gasteiger partial charge is 0.248 e. The van der Waals surface area contributed by atoms with Gasteiger partial charge < -0.3 is 14.8 Å². The lowest BCUT2D eigenvalue weighted by Gasteiger charge is -2.24. The van der Waals surface area contributed by atoms with Gasteiger partial charge in [0, 0.05) is 23.7 Å². The highest BCUT2D eigenvalue weighted by atomic mass is 16.5. The number of anilines is 1. The van der Waals surface area contributed by atoms with E-state index < -0.39 is 0 Å². The predicted molar refractivity (Wildman–Crippen MR) is 96.0 cm³/mol. The van der Waals surface area contributed by atoms with Crippen LogP contribution in [0.25, 0.3) is 5.70 Å². The van der Waals surface area contributed by atoms with E-state index in [0.717, 1.165) is 16.8 Å². The second kappa shape index (κ2) is 6.83. The first-order valence-corrected chi connectivity index (χ1v) is 8.28. The number of fused-ring (bicyclic) bond motifs is 1. The molecule has 0 spiro atoms. The highest BCUT2D eigenvalue weighted by molar-refractivity contribution is 5.76. The molecule has 0 saturated carbocycles. The maximum Gasteiger partial charge on any atom is 0.248 e. The van der Waals surface area contributed by atoms with Crippen LogP contribution in [-0.4, -0.2) is 38.9 Å². The van der Waals surface area contributed by atoms with E-state index in [1.54, 1.807) is 24.2 Å². The molecule has 1 aliphatic rings. The number of rotatable bonds is 5. The van der Waals surface area contributed by atoms with Crippen molar-refractivity contribution in [2.75, 3.05) is 19.0 Å². The van der Waals surface area contributed by atoms with E-state index in [4.69, 9.17) is 9.47 Å². The average molecular weight is 350 g/mol. The molecule has 8 nitrogen and oxygen atoms in total. The van der Waals surface area contributed by atoms with E-state index in [9.17, 15) is 0 Å². The topological polar surface area (TPSA) is 87.0 Å². The Labute approximate surface area is 150 Å². The van der Waals surface area contributed by atoms with Crippen LogP contribution in [0.2, 0.25) is 0 Å². The molecule has 0 radical (unpaired) electrons. The molecule has 8 heteroatoms. The Morgan fingerprint density at radius 3 is 2.92 bits per heavy atom. The number of ether oxygens (including phenoxy) is 2. The fourth-order valence-corrected chi connectivity index (χ4v) is 2.92. The molecule has 0 saturated heterocycles. The standard InChI is InChI=1S/C18H18N6O2/c1-3-26-16-7-6-12(9-17(16)25-2)15-10-14(13-5-4-8-19-11-13)20-18-21-22-23-24(15)18/h4-11,15H,3H2,1-2H3,(H,20,21,23)/t15-/m0/s1. The second-order valence-electron chi connectivity index (χ2n) is 5.68. The molecule has 1 atom stereocenters. The highest BCUT2D eigenvalue weighted by Crippen LogP contribution is 2.35. The van der Waals surface area contributed by atoms with E-state index in [-0.39, 0.29) is 6.04 Å². The minimum absolute atomic E-state index is 0.180. The van der Waals surface area contributed by atoms with Crippen molar-refractivity contribution < 1.29 is 9.47 Å². The third kappa shape index (κ3) is 2.85. The normalized spacial score (nSPS) is 15.6. The Hall–Kier alpha value is -3.42. The van der Waals surface area contributed by atoms with Gasteiger partial charge in [-0.15, -0.1) is 0 Å². The van der Waals surface area contributed by atoms with Crippen molar-refractivity contribution in [2.45, 2.75) is 13.0 Å². The van der Waals surface area contributed by atoms with Crippen LogP contribution < -0.4 is 14.8 Å². The molecule has 132 valence electrons. The summed E-state index contributed by atoms with van der Waals surface area (Å²) in [6.07, 6.45) is 5.61. The largest absolute Gasteiger partial charge is 0.493 e. The van der Waals surface area contributed by atoms with E-state index >= 15 is 0 Å². The molecule has 2 aromatic heterocycles. The second-order valence-corrected chi connectivity index (χ2v) is 5.68. The van der Waals surface area contributed by atoms with Crippen LogP contribution in [-0.2, 0) is 0 Å². The number of hydrogen-bond acceptors (Lipinski definition) is 7. The number of aromatic nitrogens is 5. The molecule has 26 heavy (non-hydrogen) atoms. The first kappa shape index (κ1) is 16.1. The van der Waals surface area contributed by atoms with Crippen molar-refractivity contribution in [1.29, 1.82) is 0 Å². The van der Waals surface area contributed by atoms with Gasteiger partial charge in [-0.1, -0.05) is 11.2 Å². The number of nitrogens with zero attached hydrogens (tertiary/aromatic N) is 5. The SMILES string of the molecule is CCOc1ccc([C@@H]2C=C(c3cccnc3)Nc3nnnn32)cc1OC. The Morgan fingerprint density at radius 2 is 2.15 bits per heavy atom. The summed E-state index contributed by atoms with van der Waals surface area (Å²) in [5, 5.41) is 15.2. The number of nitrogens with one attached hydrogen (secondary N) is 1. The van der Waals surface area contributed by atoms with Crippen LogP contribution in [0, 0.1) is 0 Å². The number of methoxy groups -OCH3 is 1. The van der Waals surface area contributed by atoms with Crippen LogP contribution >= 0.6 is 0 Å². The Kier molecular flexibility index (Phi) is 4.22. The van der Waals surface area contributed by atoms with Gasteiger partial charge in [0.2, 0.25) is 5.95 Å². The highest BCUT2D eigenvalue weighted by Gasteiger charge is 2.25. The average Bonchev–Trinajstić information content (AvgIpc) is 3.17. The van der Waals surface area contributed by atoms with E-state index in [0.29, 0.717) is 24.1 Å². The van der Waals surface area contributed by atoms with Crippen molar-refractivity contribution in [3.63, 3.8) is 0 Å². The molecule has 0 fully saturated rings. The van der Waals surface area contributed by atoms with Gasteiger partial charge in [0.05, 0.1) is 13.7 Å². The molecule has 4 rings (SSSR count). The monoisotopic (exact) mass is 350 g/mol. The maximum absolute atomic E-state index is 5.61. The molecule has 0 aliphatic carbocycles. The third-order valence-corrected chi connectivity index (χ3v) is 4.13. The summed E-state index contributed by atoms with van der Waals surface area (Å²) in [5.74, 6) is 1.96. The van der Waals surface area contributed by atoms with Gasteiger partial charge in [-0.25, -0.2) is 0 Å². The molecule has 0 unspecified atom stereocenters. The lowest BCUT2D eigenvalue weighted by molar-refractivity contribution is 0.310. The summed E-state index contributed by atoms with van der Waals surface area (Å²) in [6, 6.07) is 9.55. The molecule has 1 aromatic carbocycles. The summed E-state index contributed by atoms with van der Waals surface area (Å²) >= 11 is 0. The minimum Gasteiger partial charge on any atom is -0.493 e. The lowest BCUT2D eigenvalue weighted by atomic mass is 10.0. The lowest BCUT2D eigenvalue weighted by Crippen LogP contribution is -2.20. The number of benzene rings is 1. The number of hydrogen-bond donors (Lipinski definition) is 1. The molecule has 0 bridgehead atoms. The summed E-state index contributed by atoms with van der Waals surface area (Å²) < 4.78 is 12.8. The summed E-state index contributed by atoms with van der Waals surface area (Å²) in [6.45, 7) is 2.52. The Morgan fingerprint density at radius 1 is 1.23 bits per heavy atom. The number of allylic oxidation sites excluding steroid dienone is 1. The van der Waals surface area contributed by atoms with Gasteiger partial charge in [0.25, 0.3) is 0 Å². The van der Waals surface area contributed by atoms with E-state index in [2.05, 4.69) is 31.9 Å². The molecule has 3 heterocycles. The Bertz CT molecular complexity index is 938. The minimum atomic E-state index is -0.180. The molecule has 1 aliphatic heterocycles. The number of pyridine rings is 1. The molecular weight excluding hydrogens is 332 g/mol. The quantitative estimate of drug-likeness (QED) is 0.756. The maximum atomic E-state index is 5.61. The van der Waals surface area contributed by atoms with Gasteiger partial charge in [-0.2, -0.15) is 4.68 Å². The fourth-order valence-electron chi connectivity index (χ4n) is 2.92. The van der Waals surface area contributed by atoms with Crippen molar-refractivity contribution in [1.82, 2.24) is 25.2 Å². The fraction of sp³-hybridized carbons (Fsp3) is 0.222. The van der Waals surface area contributed by atoms with Gasteiger partial charge in [-0.05, 0) is 53.3 Å². The zero-order chi connectivity index (χ0) is 17.9. The van der Waals surface area contributed by atoms with Gasteiger partial charge in [-0.3, -0.25) is 4.98 Å². The molecule has 0 amide bonds. The first-order chi connectivity index (χ1) is 12.8. The predicted octanol–water partition coefficient (Wildman–Crippen LogP) is 2.53. The van der Waals surface area contributed by atoms with Gasteiger partial charge >= 0.3 is 0 Å². The van der Waals surface area contributed by atoms with Crippen molar-refractivity contribution in [3.05, 3.63) is 59.9 Å². The number of tetrazole rings is 1. The third-order valence-electron chi connectivity index (χ3n) is 4.13. The van der Waals surface area contributed by atoms with Crippen LogP contribution in [0.5, 0.6) is 11.5 Å².